The van der Waals surface area contributed by atoms with Gasteiger partial charge in [-0.2, -0.15) is 0 Å². The van der Waals surface area contributed by atoms with Gasteiger partial charge in [-0.15, -0.1) is 12.4 Å². The molecule has 1 amide bonds. The number of benzene rings is 1. The zero-order valence-corrected chi connectivity index (χ0v) is 14.1. The van der Waals surface area contributed by atoms with E-state index in [4.69, 9.17) is 0 Å². The van der Waals surface area contributed by atoms with Gasteiger partial charge in [0.25, 0.3) is 5.91 Å². The van der Waals surface area contributed by atoms with Crippen molar-refractivity contribution in [2.75, 3.05) is 26.2 Å². The molecule has 4 heteroatoms. The third-order valence-corrected chi connectivity index (χ3v) is 4.89. The Morgan fingerprint density at radius 3 is 2.41 bits per heavy atom. The summed E-state index contributed by atoms with van der Waals surface area (Å²) in [5.74, 6) is 0.224. The Balaban J connectivity index is 0.00000176. The van der Waals surface area contributed by atoms with E-state index < -0.39 is 0 Å². The van der Waals surface area contributed by atoms with Gasteiger partial charge < -0.3 is 9.80 Å². The van der Waals surface area contributed by atoms with Crippen molar-refractivity contribution in [3.8, 4) is 0 Å². The summed E-state index contributed by atoms with van der Waals surface area (Å²) >= 11 is 0. The lowest BCUT2D eigenvalue weighted by molar-refractivity contribution is 0.0588. The highest BCUT2D eigenvalue weighted by Gasteiger charge is 2.27. The van der Waals surface area contributed by atoms with Crippen LogP contribution in [0.25, 0.3) is 0 Å². The fourth-order valence-corrected chi connectivity index (χ4v) is 3.65. The summed E-state index contributed by atoms with van der Waals surface area (Å²) in [6, 6.07) is 10.2. The first-order valence-corrected chi connectivity index (χ1v) is 8.43. The van der Waals surface area contributed by atoms with Crippen LogP contribution in [0, 0.1) is 0 Å². The maximum atomic E-state index is 12.7. The molecule has 2 aliphatic heterocycles. The lowest BCUT2D eigenvalue weighted by Gasteiger charge is -2.36. The van der Waals surface area contributed by atoms with E-state index in [0.717, 1.165) is 31.5 Å². The number of carbonyl (C=O) groups is 1. The molecule has 0 aromatic heterocycles. The Hall–Kier alpha value is -1.06. The van der Waals surface area contributed by atoms with Crippen LogP contribution >= 0.6 is 12.4 Å². The van der Waals surface area contributed by atoms with Crippen molar-refractivity contribution in [3.63, 3.8) is 0 Å². The number of carbonyl (C=O) groups excluding carboxylic acids is 1. The standard InChI is InChI=1S/C18H26N2O.ClH/c21-18(16-8-2-1-3-9-16)20-14-5-4-10-17(20)11-15-19-12-6-7-13-19;/h1-3,8-9,17H,4-7,10-15H2;1H. The lowest BCUT2D eigenvalue weighted by atomic mass is 9.98. The maximum Gasteiger partial charge on any atom is 0.254 e. The van der Waals surface area contributed by atoms with Gasteiger partial charge in [-0.05, 0) is 63.7 Å². The second-order valence-corrected chi connectivity index (χ2v) is 6.35. The summed E-state index contributed by atoms with van der Waals surface area (Å²) in [5, 5.41) is 0. The maximum absolute atomic E-state index is 12.7. The Morgan fingerprint density at radius 2 is 1.68 bits per heavy atom. The van der Waals surface area contributed by atoms with E-state index in [1.54, 1.807) is 0 Å². The number of likely N-dealkylation sites (tertiary alicyclic amines) is 2. The van der Waals surface area contributed by atoms with Crippen LogP contribution < -0.4 is 0 Å². The van der Waals surface area contributed by atoms with Crippen LogP contribution in [-0.2, 0) is 0 Å². The van der Waals surface area contributed by atoms with Gasteiger partial charge in [0.2, 0.25) is 0 Å². The number of rotatable bonds is 4. The van der Waals surface area contributed by atoms with Crippen LogP contribution in [0.1, 0.15) is 48.9 Å². The van der Waals surface area contributed by atoms with Gasteiger partial charge in [-0.25, -0.2) is 0 Å². The van der Waals surface area contributed by atoms with Crippen molar-refractivity contribution < 1.29 is 4.79 Å². The van der Waals surface area contributed by atoms with Gasteiger partial charge in [0, 0.05) is 24.7 Å². The summed E-state index contributed by atoms with van der Waals surface area (Å²) in [6.45, 7) is 4.58. The molecule has 0 aliphatic carbocycles. The molecule has 2 saturated heterocycles. The smallest absolute Gasteiger partial charge is 0.254 e. The highest BCUT2D eigenvalue weighted by molar-refractivity contribution is 5.94. The van der Waals surface area contributed by atoms with E-state index in [1.807, 2.05) is 30.3 Å². The molecule has 1 atom stereocenters. The minimum Gasteiger partial charge on any atom is -0.336 e. The minimum atomic E-state index is 0. The molecule has 0 N–H and O–H groups in total. The van der Waals surface area contributed by atoms with Crippen LogP contribution in [-0.4, -0.2) is 47.9 Å². The van der Waals surface area contributed by atoms with Gasteiger partial charge >= 0.3 is 0 Å². The molecule has 3 nitrogen and oxygen atoms in total. The van der Waals surface area contributed by atoms with E-state index in [1.165, 1.54) is 38.8 Å². The first-order chi connectivity index (χ1) is 10.3. The quantitative estimate of drug-likeness (QED) is 0.845. The van der Waals surface area contributed by atoms with Gasteiger partial charge in [0.1, 0.15) is 0 Å². The molecule has 2 fully saturated rings. The van der Waals surface area contributed by atoms with Gasteiger partial charge in [-0.1, -0.05) is 18.2 Å². The lowest BCUT2D eigenvalue weighted by Crippen LogP contribution is -2.45. The monoisotopic (exact) mass is 322 g/mol. The highest BCUT2D eigenvalue weighted by atomic mass is 35.5. The van der Waals surface area contributed by atoms with Crippen LogP contribution in [0.5, 0.6) is 0 Å². The molecule has 0 saturated carbocycles. The molecule has 122 valence electrons. The molecule has 2 heterocycles. The van der Waals surface area contributed by atoms with Crippen molar-refractivity contribution in [1.82, 2.24) is 9.80 Å². The number of piperidine rings is 1. The van der Waals surface area contributed by atoms with Crippen molar-refractivity contribution in [1.29, 1.82) is 0 Å². The fourth-order valence-electron chi connectivity index (χ4n) is 3.65. The van der Waals surface area contributed by atoms with Gasteiger partial charge in [0.15, 0.2) is 0 Å². The molecule has 0 spiro atoms. The second kappa shape index (κ2) is 8.54. The molecule has 0 radical (unpaired) electrons. The molecule has 1 aromatic carbocycles. The first-order valence-electron chi connectivity index (χ1n) is 8.43. The number of amides is 1. The topological polar surface area (TPSA) is 23.6 Å². The molecule has 2 aliphatic rings. The summed E-state index contributed by atoms with van der Waals surface area (Å²) < 4.78 is 0. The average Bonchev–Trinajstić information content (AvgIpc) is 3.07. The number of nitrogens with zero attached hydrogens (tertiary/aromatic N) is 2. The third kappa shape index (κ3) is 4.23. The largest absolute Gasteiger partial charge is 0.336 e. The van der Waals surface area contributed by atoms with Crippen molar-refractivity contribution in [3.05, 3.63) is 35.9 Å². The van der Waals surface area contributed by atoms with Gasteiger partial charge in [0.05, 0.1) is 0 Å². The fraction of sp³-hybridized carbons (Fsp3) is 0.611. The molecular formula is C18H27ClN2O. The van der Waals surface area contributed by atoms with Crippen LogP contribution in [0.2, 0.25) is 0 Å². The second-order valence-electron chi connectivity index (χ2n) is 6.35. The molecule has 1 aromatic rings. The molecule has 0 bridgehead atoms. The van der Waals surface area contributed by atoms with Gasteiger partial charge in [-0.3, -0.25) is 4.79 Å². The van der Waals surface area contributed by atoms with Crippen LogP contribution in [0.3, 0.4) is 0 Å². The average molecular weight is 323 g/mol. The molecule has 3 rings (SSSR count). The SMILES string of the molecule is Cl.O=C(c1ccccc1)N1CCCCC1CCN1CCCC1. The van der Waals surface area contributed by atoms with E-state index in [2.05, 4.69) is 9.80 Å². The summed E-state index contributed by atoms with van der Waals surface area (Å²) in [5.41, 5.74) is 0.838. The minimum absolute atomic E-state index is 0. The van der Waals surface area contributed by atoms with Crippen molar-refractivity contribution >= 4 is 18.3 Å². The number of halogens is 1. The summed E-state index contributed by atoms with van der Waals surface area (Å²) in [4.78, 5) is 17.4. The molecule has 22 heavy (non-hydrogen) atoms. The zero-order chi connectivity index (χ0) is 14.5. The summed E-state index contributed by atoms with van der Waals surface area (Å²) in [6.07, 6.45) is 7.42. The predicted molar refractivity (Wildman–Crippen MR) is 92.7 cm³/mol. The third-order valence-electron chi connectivity index (χ3n) is 4.89. The number of hydrogen-bond acceptors (Lipinski definition) is 2. The Kier molecular flexibility index (Phi) is 6.71. The summed E-state index contributed by atoms with van der Waals surface area (Å²) in [7, 11) is 0. The predicted octanol–water partition coefficient (Wildman–Crippen LogP) is 3.59. The number of hydrogen-bond donors (Lipinski definition) is 0. The van der Waals surface area contributed by atoms with Crippen molar-refractivity contribution in [2.45, 2.75) is 44.6 Å². The van der Waals surface area contributed by atoms with Crippen LogP contribution in [0.15, 0.2) is 30.3 Å². The Morgan fingerprint density at radius 1 is 1.00 bits per heavy atom. The Bertz CT molecular complexity index is 459. The molecule has 1 unspecified atom stereocenters. The molecular weight excluding hydrogens is 296 g/mol. The van der Waals surface area contributed by atoms with Crippen LogP contribution in [0.4, 0.5) is 0 Å². The highest BCUT2D eigenvalue weighted by Crippen LogP contribution is 2.23. The van der Waals surface area contributed by atoms with E-state index >= 15 is 0 Å². The first kappa shape index (κ1) is 17.3. The van der Waals surface area contributed by atoms with Crippen molar-refractivity contribution in [2.24, 2.45) is 0 Å². The van der Waals surface area contributed by atoms with E-state index in [9.17, 15) is 4.79 Å². The Labute approximate surface area is 140 Å². The zero-order valence-electron chi connectivity index (χ0n) is 13.2. The van der Waals surface area contributed by atoms with E-state index in [-0.39, 0.29) is 18.3 Å². The normalized spacial score (nSPS) is 22.4. The van der Waals surface area contributed by atoms with E-state index in [0.29, 0.717) is 6.04 Å².